The summed E-state index contributed by atoms with van der Waals surface area (Å²) < 4.78 is 29.4. The lowest BCUT2D eigenvalue weighted by Crippen LogP contribution is -2.34. The zero-order chi connectivity index (χ0) is 17.3. The van der Waals surface area contributed by atoms with Crippen LogP contribution < -0.4 is 5.32 Å². The number of sulfonamides is 1. The second-order valence-corrected chi connectivity index (χ2v) is 8.25. The standard InChI is InChI=1S/C18H25N3O2S/c1-13(2)15-5-7-16(8-6-15)17-14(3)18(20-24(17,22)23)21-11-4-9-19-10-12-21/h5-8,13,19H,4,9-12H2,1-3H3. The van der Waals surface area contributed by atoms with Crippen LogP contribution in [0.15, 0.2) is 34.2 Å². The summed E-state index contributed by atoms with van der Waals surface area (Å²) in [5.41, 5.74) is 2.69. The number of hydrogen-bond donors (Lipinski definition) is 1. The van der Waals surface area contributed by atoms with E-state index in [1.165, 1.54) is 5.56 Å². The van der Waals surface area contributed by atoms with Crippen LogP contribution in [0.2, 0.25) is 0 Å². The van der Waals surface area contributed by atoms with Gasteiger partial charge < -0.3 is 10.2 Å². The predicted molar refractivity (Wildman–Crippen MR) is 98.5 cm³/mol. The van der Waals surface area contributed by atoms with E-state index < -0.39 is 10.0 Å². The molecule has 0 spiro atoms. The zero-order valence-corrected chi connectivity index (χ0v) is 15.4. The highest BCUT2D eigenvalue weighted by molar-refractivity contribution is 8.00. The maximum atomic E-state index is 12.6. The molecule has 0 saturated carbocycles. The fourth-order valence-electron chi connectivity index (χ4n) is 3.26. The molecule has 0 amide bonds. The van der Waals surface area contributed by atoms with Crippen LogP contribution in [0, 0.1) is 0 Å². The Morgan fingerprint density at radius 1 is 1.12 bits per heavy atom. The van der Waals surface area contributed by atoms with Gasteiger partial charge in [-0.15, -0.1) is 4.40 Å². The summed E-state index contributed by atoms with van der Waals surface area (Å²) in [4.78, 5) is 2.44. The van der Waals surface area contributed by atoms with Crippen molar-refractivity contribution < 1.29 is 8.42 Å². The maximum Gasteiger partial charge on any atom is 0.285 e. The van der Waals surface area contributed by atoms with Crippen molar-refractivity contribution in [2.75, 3.05) is 26.2 Å². The van der Waals surface area contributed by atoms with Gasteiger partial charge in [-0.3, -0.25) is 0 Å². The van der Waals surface area contributed by atoms with Crippen LogP contribution >= 0.6 is 0 Å². The van der Waals surface area contributed by atoms with E-state index in [0.717, 1.165) is 43.7 Å². The Balaban J connectivity index is 1.97. The van der Waals surface area contributed by atoms with Gasteiger partial charge in [0.05, 0.1) is 0 Å². The molecule has 130 valence electrons. The third kappa shape index (κ3) is 3.26. The summed E-state index contributed by atoms with van der Waals surface area (Å²) >= 11 is 0. The molecule has 2 heterocycles. The van der Waals surface area contributed by atoms with Crippen molar-refractivity contribution in [3.8, 4) is 0 Å². The van der Waals surface area contributed by atoms with Crippen molar-refractivity contribution in [3.05, 3.63) is 41.0 Å². The molecule has 1 aromatic carbocycles. The molecule has 1 saturated heterocycles. The molecular weight excluding hydrogens is 322 g/mol. The van der Waals surface area contributed by atoms with Crippen LogP contribution in [-0.4, -0.2) is 45.3 Å². The molecule has 2 aliphatic rings. The summed E-state index contributed by atoms with van der Waals surface area (Å²) in [6.45, 7) is 9.55. The lowest BCUT2D eigenvalue weighted by atomic mass is 10.0. The molecule has 1 aromatic rings. The Labute approximate surface area is 144 Å². The average Bonchev–Trinajstić information content (AvgIpc) is 2.73. The largest absolute Gasteiger partial charge is 0.354 e. The minimum Gasteiger partial charge on any atom is -0.354 e. The molecule has 0 aromatic heterocycles. The highest BCUT2D eigenvalue weighted by Crippen LogP contribution is 2.34. The molecule has 0 aliphatic carbocycles. The molecule has 0 unspecified atom stereocenters. The monoisotopic (exact) mass is 347 g/mol. The van der Waals surface area contributed by atoms with Gasteiger partial charge in [0, 0.05) is 25.2 Å². The van der Waals surface area contributed by atoms with E-state index in [-0.39, 0.29) is 0 Å². The van der Waals surface area contributed by atoms with Crippen molar-refractivity contribution in [3.63, 3.8) is 0 Å². The van der Waals surface area contributed by atoms with E-state index in [4.69, 9.17) is 0 Å². The van der Waals surface area contributed by atoms with Gasteiger partial charge in [-0.1, -0.05) is 38.1 Å². The molecule has 2 aliphatic heterocycles. The fourth-order valence-corrected chi connectivity index (χ4v) is 4.74. The molecular formula is C18H25N3O2S. The number of amidine groups is 1. The van der Waals surface area contributed by atoms with Gasteiger partial charge in [-0.05, 0) is 36.9 Å². The predicted octanol–water partition coefficient (Wildman–Crippen LogP) is 2.58. The van der Waals surface area contributed by atoms with E-state index in [0.29, 0.717) is 16.7 Å². The molecule has 0 radical (unpaired) electrons. The van der Waals surface area contributed by atoms with Crippen molar-refractivity contribution in [2.45, 2.75) is 33.1 Å². The van der Waals surface area contributed by atoms with Crippen LogP contribution in [0.1, 0.15) is 44.2 Å². The third-order valence-corrected chi connectivity index (χ3v) is 6.09. The van der Waals surface area contributed by atoms with Crippen LogP contribution in [-0.2, 0) is 10.0 Å². The molecule has 0 bridgehead atoms. The zero-order valence-electron chi connectivity index (χ0n) is 14.5. The third-order valence-electron chi connectivity index (χ3n) is 4.62. The summed E-state index contributed by atoms with van der Waals surface area (Å²) in [6, 6.07) is 7.80. The van der Waals surface area contributed by atoms with Crippen molar-refractivity contribution in [1.29, 1.82) is 0 Å². The number of hydrogen-bond acceptors (Lipinski definition) is 4. The van der Waals surface area contributed by atoms with E-state index in [1.807, 2.05) is 31.2 Å². The highest BCUT2D eigenvalue weighted by Gasteiger charge is 2.33. The van der Waals surface area contributed by atoms with Gasteiger partial charge in [0.2, 0.25) is 0 Å². The summed E-state index contributed by atoms with van der Waals surface area (Å²) in [6.07, 6.45) is 0.991. The first-order chi connectivity index (χ1) is 11.4. The number of benzene rings is 1. The van der Waals surface area contributed by atoms with E-state index >= 15 is 0 Å². The molecule has 1 fully saturated rings. The lowest BCUT2D eigenvalue weighted by Gasteiger charge is -2.22. The van der Waals surface area contributed by atoms with Gasteiger partial charge >= 0.3 is 0 Å². The first kappa shape index (κ1) is 17.2. The molecule has 3 rings (SSSR count). The number of nitrogens with one attached hydrogen (secondary N) is 1. The van der Waals surface area contributed by atoms with Crippen molar-refractivity contribution in [2.24, 2.45) is 4.40 Å². The molecule has 0 atom stereocenters. The van der Waals surface area contributed by atoms with Crippen molar-refractivity contribution in [1.82, 2.24) is 10.2 Å². The van der Waals surface area contributed by atoms with Crippen molar-refractivity contribution >= 4 is 20.8 Å². The van der Waals surface area contributed by atoms with Gasteiger partial charge in [0.15, 0.2) is 0 Å². The Kier molecular flexibility index (Phi) is 4.78. The van der Waals surface area contributed by atoms with E-state index in [2.05, 4.69) is 28.5 Å². The van der Waals surface area contributed by atoms with E-state index in [1.54, 1.807) is 0 Å². The minimum atomic E-state index is -3.63. The Morgan fingerprint density at radius 3 is 2.50 bits per heavy atom. The summed E-state index contributed by atoms with van der Waals surface area (Å²) in [7, 11) is -3.63. The minimum absolute atomic E-state index is 0.352. The van der Waals surface area contributed by atoms with E-state index in [9.17, 15) is 8.42 Å². The van der Waals surface area contributed by atoms with Gasteiger partial charge in [0.25, 0.3) is 10.0 Å². The first-order valence-electron chi connectivity index (χ1n) is 8.52. The van der Waals surface area contributed by atoms with Gasteiger partial charge in [-0.2, -0.15) is 8.42 Å². The summed E-state index contributed by atoms with van der Waals surface area (Å²) in [5, 5.41) is 3.33. The summed E-state index contributed by atoms with van der Waals surface area (Å²) in [5.74, 6) is 1.03. The van der Waals surface area contributed by atoms with Crippen LogP contribution in [0.25, 0.3) is 4.91 Å². The second-order valence-electron chi connectivity index (χ2n) is 6.71. The highest BCUT2D eigenvalue weighted by atomic mass is 32.2. The van der Waals surface area contributed by atoms with Gasteiger partial charge in [0.1, 0.15) is 10.7 Å². The average molecular weight is 347 g/mol. The SMILES string of the molecule is CC1=C(c2ccc(C(C)C)cc2)S(=O)(=O)N=C1N1CCCNCC1. The number of nitrogens with zero attached hydrogens (tertiary/aromatic N) is 2. The van der Waals surface area contributed by atoms with Crippen LogP contribution in [0.3, 0.4) is 0 Å². The van der Waals surface area contributed by atoms with Gasteiger partial charge in [-0.25, -0.2) is 0 Å². The fraction of sp³-hybridized carbons (Fsp3) is 0.500. The second kappa shape index (κ2) is 6.69. The Hall–Kier alpha value is -1.66. The molecule has 6 heteroatoms. The Bertz CT molecular complexity index is 769. The first-order valence-corrected chi connectivity index (χ1v) is 9.96. The maximum absolute atomic E-state index is 12.6. The normalized spacial score (nSPS) is 21.2. The van der Waals surface area contributed by atoms with Crippen LogP contribution in [0.4, 0.5) is 0 Å². The topological polar surface area (TPSA) is 61.8 Å². The van der Waals surface area contributed by atoms with Crippen LogP contribution in [0.5, 0.6) is 0 Å². The molecule has 1 N–H and O–H groups in total. The lowest BCUT2D eigenvalue weighted by molar-refractivity contribution is 0.447. The quantitative estimate of drug-likeness (QED) is 0.893. The number of rotatable bonds is 2. The molecule has 24 heavy (non-hydrogen) atoms. The Morgan fingerprint density at radius 2 is 1.83 bits per heavy atom. The molecule has 5 nitrogen and oxygen atoms in total. The smallest absolute Gasteiger partial charge is 0.285 e.